The lowest BCUT2D eigenvalue weighted by molar-refractivity contribution is 0.768. The molecule has 1 heterocycles. The van der Waals surface area contributed by atoms with E-state index in [-0.39, 0.29) is 0 Å². The monoisotopic (exact) mass is 802 g/mol. The van der Waals surface area contributed by atoms with Crippen LogP contribution in [0.4, 0.5) is 17.1 Å². The highest BCUT2D eigenvalue weighted by atomic mass is 15.1. The van der Waals surface area contributed by atoms with Gasteiger partial charge in [-0.05, 0) is 105 Å². The summed E-state index contributed by atoms with van der Waals surface area (Å²) in [5.74, 6) is 0. The van der Waals surface area contributed by atoms with Gasteiger partial charge in [0.05, 0.1) is 22.1 Å². The molecule has 0 radical (unpaired) electrons. The van der Waals surface area contributed by atoms with Gasteiger partial charge in [-0.3, -0.25) is 0 Å². The van der Waals surface area contributed by atoms with Gasteiger partial charge in [0.25, 0.3) is 0 Å². The third-order valence-corrected chi connectivity index (χ3v) is 13.1. The van der Waals surface area contributed by atoms with Crippen molar-refractivity contribution in [2.45, 2.75) is 5.41 Å². The van der Waals surface area contributed by atoms with Crippen LogP contribution < -0.4 is 4.90 Å². The van der Waals surface area contributed by atoms with Crippen molar-refractivity contribution in [1.29, 1.82) is 0 Å². The van der Waals surface area contributed by atoms with Crippen molar-refractivity contribution in [3.05, 3.63) is 277 Å². The van der Waals surface area contributed by atoms with Gasteiger partial charge < -0.3 is 9.47 Å². The number of fused-ring (bicyclic) bond motifs is 6. The van der Waals surface area contributed by atoms with Gasteiger partial charge in [0.15, 0.2) is 0 Å². The summed E-state index contributed by atoms with van der Waals surface area (Å²) in [6.45, 7) is 0. The van der Waals surface area contributed by atoms with Crippen molar-refractivity contribution in [3.63, 3.8) is 0 Å². The van der Waals surface area contributed by atoms with Crippen molar-refractivity contribution in [2.75, 3.05) is 4.90 Å². The molecule has 0 atom stereocenters. The van der Waals surface area contributed by atoms with E-state index in [1.807, 2.05) is 0 Å². The number of para-hydroxylation sites is 2. The molecule has 0 amide bonds. The first-order valence-corrected chi connectivity index (χ1v) is 21.8. The average molecular weight is 803 g/mol. The second kappa shape index (κ2) is 15.1. The molecule has 296 valence electrons. The largest absolute Gasteiger partial charge is 0.310 e. The predicted molar refractivity (Wildman–Crippen MR) is 264 cm³/mol. The van der Waals surface area contributed by atoms with Gasteiger partial charge in [0, 0.05) is 33.4 Å². The molecular weight excluding hydrogens is 761 g/mol. The van der Waals surface area contributed by atoms with Gasteiger partial charge >= 0.3 is 0 Å². The van der Waals surface area contributed by atoms with Crippen molar-refractivity contribution < 1.29 is 0 Å². The molecule has 63 heavy (non-hydrogen) atoms. The molecule has 0 spiro atoms. The summed E-state index contributed by atoms with van der Waals surface area (Å²) < 4.78 is 2.39. The van der Waals surface area contributed by atoms with E-state index in [2.05, 4.69) is 264 Å². The molecule has 12 rings (SSSR count). The number of aromatic nitrogens is 1. The predicted octanol–water partition coefficient (Wildman–Crippen LogP) is 16.0. The molecule has 0 saturated carbocycles. The maximum atomic E-state index is 2.46. The molecule has 1 aliphatic rings. The fourth-order valence-electron chi connectivity index (χ4n) is 10.4. The molecule has 1 aliphatic carbocycles. The Labute approximate surface area is 368 Å². The van der Waals surface area contributed by atoms with Crippen LogP contribution in [0, 0.1) is 0 Å². The third kappa shape index (κ3) is 5.80. The van der Waals surface area contributed by atoms with E-state index >= 15 is 0 Å². The van der Waals surface area contributed by atoms with E-state index in [1.165, 1.54) is 77.4 Å². The zero-order valence-electron chi connectivity index (χ0n) is 34.6. The molecule has 0 saturated heterocycles. The number of benzene rings is 10. The molecule has 1 aromatic heterocycles. The molecule has 10 aromatic carbocycles. The first kappa shape index (κ1) is 36.6. The molecule has 0 N–H and O–H groups in total. The average Bonchev–Trinajstić information content (AvgIpc) is 3.87. The summed E-state index contributed by atoms with van der Waals surface area (Å²) in [5, 5.41) is 2.50. The fraction of sp³-hybridized carbons (Fsp3) is 0.0164. The maximum Gasteiger partial charge on any atom is 0.0714 e. The minimum absolute atomic E-state index is 0.505. The molecule has 0 aliphatic heterocycles. The second-order valence-electron chi connectivity index (χ2n) is 16.4. The molecule has 2 heteroatoms. The smallest absolute Gasteiger partial charge is 0.0714 e. The van der Waals surface area contributed by atoms with E-state index in [0.29, 0.717) is 0 Å². The number of hydrogen-bond donors (Lipinski definition) is 0. The van der Waals surface area contributed by atoms with Crippen LogP contribution in [0.3, 0.4) is 0 Å². The summed E-state index contributed by atoms with van der Waals surface area (Å²) in [6.07, 6.45) is 0. The standard InChI is InChI=1S/C61H42N2/c1-5-19-43(20-6-1)44-35-39-49(40-36-44)62(50-41-37-45(38-42-50)51-29-17-33-57-59(51)53-28-14-16-32-56(53)63(57)48-25-11-4-12-26-48)58-34-18-31-55-60(58)52-27-13-15-30-54(52)61(55,46-21-7-2-8-22-46)47-23-9-3-10-24-47/h1-42H. The summed E-state index contributed by atoms with van der Waals surface area (Å²) >= 11 is 0. The lowest BCUT2D eigenvalue weighted by Gasteiger charge is -2.34. The van der Waals surface area contributed by atoms with Crippen LogP contribution in [0.2, 0.25) is 0 Å². The normalized spacial score (nSPS) is 12.6. The van der Waals surface area contributed by atoms with Crippen molar-refractivity contribution >= 4 is 38.9 Å². The van der Waals surface area contributed by atoms with E-state index in [1.54, 1.807) is 0 Å². The summed E-state index contributed by atoms with van der Waals surface area (Å²) in [5.41, 5.74) is 18.7. The Kier molecular flexibility index (Phi) is 8.76. The molecule has 0 bridgehead atoms. The topological polar surface area (TPSA) is 8.17 Å². The van der Waals surface area contributed by atoms with Crippen LogP contribution in [0.25, 0.3) is 60.9 Å². The van der Waals surface area contributed by atoms with Gasteiger partial charge in [-0.2, -0.15) is 0 Å². The third-order valence-electron chi connectivity index (χ3n) is 13.1. The van der Waals surface area contributed by atoms with Crippen molar-refractivity contribution in [1.82, 2.24) is 4.57 Å². The Bertz CT molecular complexity index is 3370. The number of hydrogen-bond acceptors (Lipinski definition) is 1. The van der Waals surface area contributed by atoms with Gasteiger partial charge in [0.1, 0.15) is 0 Å². The second-order valence-corrected chi connectivity index (χ2v) is 16.4. The lowest BCUT2D eigenvalue weighted by Crippen LogP contribution is -2.28. The van der Waals surface area contributed by atoms with Gasteiger partial charge in [-0.15, -0.1) is 0 Å². The van der Waals surface area contributed by atoms with Crippen molar-refractivity contribution in [2.24, 2.45) is 0 Å². The minimum atomic E-state index is -0.505. The lowest BCUT2D eigenvalue weighted by atomic mass is 9.68. The highest BCUT2D eigenvalue weighted by Crippen LogP contribution is 2.59. The van der Waals surface area contributed by atoms with E-state index < -0.39 is 5.41 Å². The van der Waals surface area contributed by atoms with Crippen LogP contribution in [-0.2, 0) is 5.41 Å². The fourth-order valence-corrected chi connectivity index (χ4v) is 10.4. The van der Waals surface area contributed by atoms with Gasteiger partial charge in [-0.25, -0.2) is 0 Å². The number of nitrogens with zero attached hydrogens (tertiary/aromatic N) is 2. The van der Waals surface area contributed by atoms with Gasteiger partial charge in [-0.1, -0.05) is 200 Å². The Morgan fingerprint density at radius 2 is 0.825 bits per heavy atom. The summed E-state index contributed by atoms with van der Waals surface area (Å²) in [7, 11) is 0. The van der Waals surface area contributed by atoms with Crippen LogP contribution in [0.1, 0.15) is 22.3 Å². The Morgan fingerprint density at radius 1 is 0.333 bits per heavy atom. The quantitative estimate of drug-likeness (QED) is 0.149. The van der Waals surface area contributed by atoms with Crippen LogP contribution in [0.15, 0.2) is 255 Å². The highest BCUT2D eigenvalue weighted by molar-refractivity contribution is 6.15. The Hall–Kier alpha value is -8.20. The maximum absolute atomic E-state index is 2.46. The van der Waals surface area contributed by atoms with E-state index in [0.717, 1.165) is 22.7 Å². The van der Waals surface area contributed by atoms with E-state index in [9.17, 15) is 0 Å². The SMILES string of the molecule is c1ccc(-c2ccc(N(c3ccc(-c4cccc5c4c4ccccc4n5-c4ccccc4)cc3)c3cccc4c3-c3ccccc3C4(c3ccccc3)c3ccccc3)cc2)cc1. The zero-order valence-corrected chi connectivity index (χ0v) is 34.6. The highest BCUT2D eigenvalue weighted by Gasteiger charge is 2.47. The molecule has 0 unspecified atom stereocenters. The molecule has 11 aromatic rings. The van der Waals surface area contributed by atoms with Crippen LogP contribution >= 0.6 is 0 Å². The first-order valence-electron chi connectivity index (χ1n) is 21.8. The number of rotatable bonds is 8. The molecule has 0 fully saturated rings. The minimum Gasteiger partial charge on any atom is -0.310 e. The molecule has 2 nitrogen and oxygen atoms in total. The summed E-state index contributed by atoms with van der Waals surface area (Å²) in [4.78, 5) is 2.46. The van der Waals surface area contributed by atoms with Crippen LogP contribution in [-0.4, -0.2) is 4.57 Å². The van der Waals surface area contributed by atoms with Gasteiger partial charge in [0.2, 0.25) is 0 Å². The van der Waals surface area contributed by atoms with Crippen molar-refractivity contribution in [3.8, 4) is 39.1 Å². The molecular formula is C61H42N2. The Balaban J connectivity index is 1.07. The van der Waals surface area contributed by atoms with Crippen LogP contribution in [0.5, 0.6) is 0 Å². The summed E-state index contributed by atoms with van der Waals surface area (Å²) in [6, 6.07) is 93.2. The van der Waals surface area contributed by atoms with E-state index in [4.69, 9.17) is 0 Å². The zero-order chi connectivity index (χ0) is 41.7. The Morgan fingerprint density at radius 3 is 1.51 bits per heavy atom. The first-order chi connectivity index (χ1) is 31.3. The number of anilines is 3.